The number of fused-ring (bicyclic) bond motifs is 1. The molecule has 0 saturated carbocycles. The van der Waals surface area contributed by atoms with E-state index < -0.39 is 0 Å². The second kappa shape index (κ2) is 4.12. The van der Waals surface area contributed by atoms with Gasteiger partial charge in [0, 0.05) is 12.6 Å². The Morgan fingerprint density at radius 1 is 1.60 bits per heavy atom. The third kappa shape index (κ3) is 2.08. The van der Waals surface area contributed by atoms with Crippen molar-refractivity contribution in [1.29, 1.82) is 0 Å². The van der Waals surface area contributed by atoms with Gasteiger partial charge in [0.2, 0.25) is 0 Å². The van der Waals surface area contributed by atoms with Crippen LogP contribution in [0.25, 0.3) is 10.2 Å². The van der Waals surface area contributed by atoms with Crippen molar-refractivity contribution in [3.63, 3.8) is 0 Å². The highest BCUT2D eigenvalue weighted by molar-refractivity contribution is 7.22. The van der Waals surface area contributed by atoms with Crippen molar-refractivity contribution in [3.05, 3.63) is 24.0 Å². The van der Waals surface area contributed by atoms with Crippen molar-refractivity contribution in [2.45, 2.75) is 13.0 Å². The van der Waals surface area contributed by atoms with Gasteiger partial charge in [0.15, 0.2) is 5.13 Å². The van der Waals surface area contributed by atoms with Crippen LogP contribution in [0.1, 0.15) is 6.92 Å². The number of aromatic nitrogens is 1. The average Bonchev–Trinajstić information content (AvgIpc) is 2.62. The predicted octanol–water partition coefficient (Wildman–Crippen LogP) is 2.19. The van der Waals surface area contributed by atoms with Crippen LogP contribution in [0, 0.1) is 5.82 Å². The number of hydrogen-bond donors (Lipinski definition) is 2. The Morgan fingerprint density at radius 3 is 3.07 bits per heavy atom. The Labute approximate surface area is 91.1 Å². The van der Waals surface area contributed by atoms with Gasteiger partial charge in [-0.3, -0.25) is 0 Å². The first-order valence-corrected chi connectivity index (χ1v) is 5.54. The third-order valence-corrected chi connectivity index (χ3v) is 3.05. The number of halogens is 1. The standard InChI is InChI=1S/C10H12FN3S/c1-6(5-12)13-10-14-9-7(11)3-2-4-8(9)15-10/h2-4,6H,5,12H2,1H3,(H,13,14). The molecule has 1 aromatic carbocycles. The number of nitrogens with two attached hydrogens (primary N) is 1. The second-order valence-electron chi connectivity index (χ2n) is 3.39. The van der Waals surface area contributed by atoms with E-state index in [2.05, 4.69) is 10.3 Å². The molecule has 2 aromatic rings. The van der Waals surface area contributed by atoms with Gasteiger partial charge in [0.05, 0.1) is 4.70 Å². The molecule has 5 heteroatoms. The van der Waals surface area contributed by atoms with E-state index >= 15 is 0 Å². The zero-order valence-electron chi connectivity index (χ0n) is 8.33. The zero-order chi connectivity index (χ0) is 10.8. The molecule has 0 fully saturated rings. The Balaban J connectivity index is 2.35. The molecule has 0 aliphatic carbocycles. The molecular weight excluding hydrogens is 213 g/mol. The topological polar surface area (TPSA) is 50.9 Å². The van der Waals surface area contributed by atoms with Crippen LogP contribution in [0.5, 0.6) is 0 Å². The van der Waals surface area contributed by atoms with Crippen molar-refractivity contribution in [2.24, 2.45) is 5.73 Å². The van der Waals surface area contributed by atoms with Crippen molar-refractivity contribution in [3.8, 4) is 0 Å². The van der Waals surface area contributed by atoms with Gasteiger partial charge in [-0.25, -0.2) is 9.37 Å². The molecule has 3 nitrogen and oxygen atoms in total. The fraction of sp³-hybridized carbons (Fsp3) is 0.300. The molecule has 0 bridgehead atoms. The highest BCUT2D eigenvalue weighted by atomic mass is 32.1. The van der Waals surface area contributed by atoms with Crippen LogP contribution in [0.3, 0.4) is 0 Å². The molecule has 0 spiro atoms. The summed E-state index contributed by atoms with van der Waals surface area (Å²) in [6.45, 7) is 2.49. The summed E-state index contributed by atoms with van der Waals surface area (Å²) >= 11 is 1.44. The molecule has 0 radical (unpaired) electrons. The highest BCUT2D eigenvalue weighted by Crippen LogP contribution is 2.27. The maximum absolute atomic E-state index is 13.3. The first-order valence-electron chi connectivity index (χ1n) is 4.72. The molecule has 0 saturated heterocycles. The first kappa shape index (κ1) is 10.3. The van der Waals surface area contributed by atoms with E-state index in [1.807, 2.05) is 13.0 Å². The summed E-state index contributed by atoms with van der Waals surface area (Å²) in [4.78, 5) is 4.18. The van der Waals surface area contributed by atoms with Gasteiger partial charge in [-0.2, -0.15) is 0 Å². The van der Waals surface area contributed by atoms with Crippen molar-refractivity contribution < 1.29 is 4.39 Å². The number of thiazole rings is 1. The van der Waals surface area contributed by atoms with Gasteiger partial charge < -0.3 is 11.1 Å². The van der Waals surface area contributed by atoms with Gasteiger partial charge in [-0.05, 0) is 19.1 Å². The minimum atomic E-state index is -0.280. The lowest BCUT2D eigenvalue weighted by atomic mass is 10.3. The van der Waals surface area contributed by atoms with E-state index in [1.165, 1.54) is 17.4 Å². The molecule has 0 aliphatic rings. The molecule has 0 aliphatic heterocycles. The number of para-hydroxylation sites is 1. The van der Waals surface area contributed by atoms with Crippen molar-refractivity contribution in [2.75, 3.05) is 11.9 Å². The lowest BCUT2D eigenvalue weighted by molar-refractivity contribution is 0.637. The summed E-state index contributed by atoms with van der Waals surface area (Å²) in [6.07, 6.45) is 0. The zero-order valence-corrected chi connectivity index (χ0v) is 9.14. The summed E-state index contributed by atoms with van der Waals surface area (Å²) in [5, 5.41) is 3.84. The number of nitrogens with zero attached hydrogens (tertiary/aromatic N) is 1. The van der Waals surface area contributed by atoms with Gasteiger partial charge in [0.1, 0.15) is 11.3 Å². The smallest absolute Gasteiger partial charge is 0.184 e. The second-order valence-corrected chi connectivity index (χ2v) is 4.42. The lowest BCUT2D eigenvalue weighted by Crippen LogP contribution is -2.24. The Kier molecular flexibility index (Phi) is 2.83. The normalized spacial score (nSPS) is 13.0. The predicted molar refractivity (Wildman–Crippen MR) is 61.7 cm³/mol. The minimum Gasteiger partial charge on any atom is -0.358 e. The Bertz CT molecular complexity index is 469. The Hall–Kier alpha value is -1.20. The van der Waals surface area contributed by atoms with E-state index in [9.17, 15) is 4.39 Å². The third-order valence-electron chi connectivity index (χ3n) is 2.09. The molecule has 1 aromatic heterocycles. The van der Waals surface area contributed by atoms with Crippen LogP contribution in [0.15, 0.2) is 18.2 Å². The monoisotopic (exact) mass is 225 g/mol. The van der Waals surface area contributed by atoms with Gasteiger partial charge >= 0.3 is 0 Å². The molecule has 1 unspecified atom stereocenters. The van der Waals surface area contributed by atoms with Crippen LogP contribution in [0.4, 0.5) is 9.52 Å². The van der Waals surface area contributed by atoms with Crippen LogP contribution in [-0.4, -0.2) is 17.6 Å². The number of hydrogen-bond acceptors (Lipinski definition) is 4. The van der Waals surface area contributed by atoms with E-state index in [1.54, 1.807) is 6.07 Å². The Morgan fingerprint density at radius 2 is 2.40 bits per heavy atom. The SMILES string of the molecule is CC(CN)Nc1nc2c(F)cccc2s1. The van der Waals surface area contributed by atoms with Crippen molar-refractivity contribution >= 4 is 26.7 Å². The maximum atomic E-state index is 13.3. The van der Waals surface area contributed by atoms with Crippen LogP contribution < -0.4 is 11.1 Å². The largest absolute Gasteiger partial charge is 0.358 e. The van der Waals surface area contributed by atoms with Gasteiger partial charge in [-0.1, -0.05) is 17.4 Å². The van der Waals surface area contributed by atoms with E-state index in [0.29, 0.717) is 17.2 Å². The summed E-state index contributed by atoms with van der Waals surface area (Å²) < 4.78 is 14.2. The highest BCUT2D eigenvalue weighted by Gasteiger charge is 2.08. The first-order chi connectivity index (χ1) is 7.20. The van der Waals surface area contributed by atoms with Crippen molar-refractivity contribution in [1.82, 2.24) is 4.98 Å². The molecule has 2 rings (SSSR count). The molecule has 1 atom stereocenters. The van der Waals surface area contributed by atoms with Crippen LogP contribution >= 0.6 is 11.3 Å². The van der Waals surface area contributed by atoms with E-state index in [-0.39, 0.29) is 11.9 Å². The summed E-state index contributed by atoms with van der Waals surface area (Å²) in [5.41, 5.74) is 5.91. The van der Waals surface area contributed by atoms with E-state index in [4.69, 9.17) is 5.73 Å². The van der Waals surface area contributed by atoms with Crippen LogP contribution in [-0.2, 0) is 0 Å². The lowest BCUT2D eigenvalue weighted by Gasteiger charge is -2.08. The average molecular weight is 225 g/mol. The fourth-order valence-electron chi connectivity index (χ4n) is 1.25. The molecule has 80 valence electrons. The molecule has 3 N–H and O–H groups in total. The van der Waals surface area contributed by atoms with E-state index in [0.717, 1.165) is 4.70 Å². The number of anilines is 1. The van der Waals surface area contributed by atoms with Gasteiger partial charge in [0.25, 0.3) is 0 Å². The molecular formula is C10H12FN3S. The summed E-state index contributed by atoms with van der Waals surface area (Å²) in [6, 6.07) is 5.10. The molecule has 0 amide bonds. The summed E-state index contributed by atoms with van der Waals surface area (Å²) in [7, 11) is 0. The summed E-state index contributed by atoms with van der Waals surface area (Å²) in [5.74, 6) is -0.280. The van der Waals surface area contributed by atoms with Crippen LogP contribution in [0.2, 0.25) is 0 Å². The minimum absolute atomic E-state index is 0.147. The van der Waals surface area contributed by atoms with Gasteiger partial charge in [-0.15, -0.1) is 0 Å². The molecule has 1 heterocycles. The maximum Gasteiger partial charge on any atom is 0.184 e. The number of rotatable bonds is 3. The number of benzene rings is 1. The molecule has 15 heavy (non-hydrogen) atoms. The number of nitrogens with one attached hydrogen (secondary N) is 1. The fourth-order valence-corrected chi connectivity index (χ4v) is 2.24. The quantitative estimate of drug-likeness (QED) is 0.842.